The van der Waals surface area contributed by atoms with Gasteiger partial charge in [0.2, 0.25) is 0 Å². The van der Waals surface area contributed by atoms with Crippen LogP contribution in [-0.2, 0) is 16.2 Å². The molecule has 0 saturated carbocycles. The quantitative estimate of drug-likeness (QED) is 0.209. The van der Waals surface area contributed by atoms with Crippen molar-refractivity contribution >= 4 is 58.2 Å². The number of carboxylic acid groups (broad SMARTS) is 1. The van der Waals surface area contributed by atoms with Crippen molar-refractivity contribution < 1.29 is 38.1 Å². The zero-order chi connectivity index (χ0) is 27.4. The first-order chi connectivity index (χ1) is 18.2. The van der Waals surface area contributed by atoms with E-state index in [2.05, 4.69) is 5.32 Å². The maximum absolute atomic E-state index is 13.5. The molecule has 0 bridgehead atoms. The van der Waals surface area contributed by atoms with E-state index in [1.54, 1.807) is 31.2 Å². The summed E-state index contributed by atoms with van der Waals surface area (Å²) in [6, 6.07) is 13.4. The highest BCUT2D eigenvalue weighted by Gasteiger charge is 2.37. The molecule has 0 aliphatic carbocycles. The molecule has 1 heterocycles. The Hall–Kier alpha value is -4.26. The highest BCUT2D eigenvalue weighted by atomic mass is 127. The van der Waals surface area contributed by atoms with Crippen LogP contribution in [0, 0.1) is 9.39 Å². The topological polar surface area (TPSA) is 122 Å². The van der Waals surface area contributed by atoms with Crippen LogP contribution in [0.5, 0.6) is 11.5 Å². The number of nitrogens with one attached hydrogen (secondary N) is 1. The van der Waals surface area contributed by atoms with E-state index in [1.807, 2.05) is 22.6 Å². The largest absolute Gasteiger partial charge is 0.490 e. The van der Waals surface area contributed by atoms with Crippen LogP contribution in [0.4, 0.5) is 14.9 Å². The second-order valence-corrected chi connectivity index (χ2v) is 9.15. The average molecular weight is 630 g/mol. The lowest BCUT2D eigenvalue weighted by Crippen LogP contribution is -2.54. The van der Waals surface area contributed by atoms with E-state index in [1.165, 1.54) is 42.5 Å². The SMILES string of the molecule is CCOc1cc(/C=C2\C(=O)NC(=O)N(c3ccc(C(=O)O)cc3)C2=O)cc(I)c1OCc1cccc(F)c1. The number of imide groups is 2. The summed E-state index contributed by atoms with van der Waals surface area (Å²) in [6.45, 7) is 2.18. The first-order valence-corrected chi connectivity index (χ1v) is 12.3. The molecular formula is C27H20FIN2O7. The minimum absolute atomic E-state index is 0.0248. The first kappa shape index (κ1) is 26.8. The van der Waals surface area contributed by atoms with Gasteiger partial charge in [-0.3, -0.25) is 14.9 Å². The van der Waals surface area contributed by atoms with E-state index >= 15 is 0 Å². The van der Waals surface area contributed by atoms with Crippen LogP contribution < -0.4 is 19.7 Å². The molecule has 11 heteroatoms. The zero-order valence-electron chi connectivity index (χ0n) is 19.9. The molecule has 1 fully saturated rings. The lowest BCUT2D eigenvalue weighted by molar-refractivity contribution is -0.122. The van der Waals surface area contributed by atoms with Crippen molar-refractivity contribution in [1.29, 1.82) is 0 Å². The molecule has 0 aromatic heterocycles. The first-order valence-electron chi connectivity index (χ1n) is 11.3. The van der Waals surface area contributed by atoms with Crippen LogP contribution in [0.3, 0.4) is 0 Å². The summed E-state index contributed by atoms with van der Waals surface area (Å²) in [4.78, 5) is 50.1. The Kier molecular flexibility index (Phi) is 8.05. The summed E-state index contributed by atoms with van der Waals surface area (Å²) in [5.74, 6) is -2.53. The van der Waals surface area contributed by atoms with Gasteiger partial charge in [0.25, 0.3) is 11.8 Å². The summed E-state index contributed by atoms with van der Waals surface area (Å²) in [7, 11) is 0. The van der Waals surface area contributed by atoms with Crippen molar-refractivity contribution in [2.75, 3.05) is 11.5 Å². The van der Waals surface area contributed by atoms with Crippen molar-refractivity contribution in [1.82, 2.24) is 5.32 Å². The third-order valence-corrected chi connectivity index (χ3v) is 6.19. The molecule has 1 saturated heterocycles. The molecule has 0 atom stereocenters. The lowest BCUT2D eigenvalue weighted by atomic mass is 10.1. The van der Waals surface area contributed by atoms with Crippen molar-refractivity contribution in [3.05, 3.63) is 92.3 Å². The molecule has 38 heavy (non-hydrogen) atoms. The molecular weight excluding hydrogens is 610 g/mol. The molecule has 4 amide bonds. The number of carbonyl (C=O) groups is 4. The monoisotopic (exact) mass is 630 g/mol. The Morgan fingerprint density at radius 1 is 1.08 bits per heavy atom. The number of nitrogens with zero attached hydrogens (tertiary/aromatic N) is 1. The third kappa shape index (κ3) is 5.83. The molecule has 0 spiro atoms. The number of carbonyl (C=O) groups excluding carboxylic acids is 3. The fraction of sp³-hybridized carbons (Fsp3) is 0.111. The fourth-order valence-electron chi connectivity index (χ4n) is 3.67. The number of benzene rings is 3. The van der Waals surface area contributed by atoms with Crippen LogP contribution >= 0.6 is 22.6 Å². The van der Waals surface area contributed by atoms with Crippen molar-refractivity contribution in [3.8, 4) is 11.5 Å². The summed E-state index contributed by atoms with van der Waals surface area (Å²) in [6.07, 6.45) is 1.32. The Morgan fingerprint density at radius 3 is 2.47 bits per heavy atom. The molecule has 3 aromatic carbocycles. The van der Waals surface area contributed by atoms with E-state index in [9.17, 15) is 23.6 Å². The number of halogens is 2. The molecule has 3 aromatic rings. The molecule has 1 aliphatic rings. The summed E-state index contributed by atoms with van der Waals surface area (Å²) < 4.78 is 25.8. The number of anilines is 1. The molecule has 1 aliphatic heterocycles. The lowest BCUT2D eigenvalue weighted by Gasteiger charge is -2.26. The number of urea groups is 1. The average Bonchev–Trinajstić information content (AvgIpc) is 2.86. The number of hydrogen-bond acceptors (Lipinski definition) is 6. The number of ether oxygens (including phenoxy) is 2. The molecule has 0 radical (unpaired) electrons. The van der Waals surface area contributed by atoms with E-state index in [4.69, 9.17) is 14.6 Å². The fourth-order valence-corrected chi connectivity index (χ4v) is 4.45. The number of amides is 4. The number of barbiturate groups is 1. The molecule has 194 valence electrons. The van der Waals surface area contributed by atoms with Crippen molar-refractivity contribution in [2.45, 2.75) is 13.5 Å². The summed E-state index contributed by atoms with van der Waals surface area (Å²) >= 11 is 2.02. The van der Waals surface area contributed by atoms with Gasteiger partial charge >= 0.3 is 12.0 Å². The highest BCUT2D eigenvalue weighted by Crippen LogP contribution is 2.36. The van der Waals surface area contributed by atoms with Gasteiger partial charge in [0.1, 0.15) is 18.0 Å². The molecule has 2 N–H and O–H groups in total. The highest BCUT2D eigenvalue weighted by molar-refractivity contribution is 14.1. The maximum Gasteiger partial charge on any atom is 0.335 e. The van der Waals surface area contributed by atoms with Gasteiger partial charge in [-0.1, -0.05) is 12.1 Å². The second-order valence-electron chi connectivity index (χ2n) is 7.99. The minimum atomic E-state index is -1.16. The Labute approximate surface area is 230 Å². The smallest absolute Gasteiger partial charge is 0.335 e. The molecule has 0 unspecified atom stereocenters. The second kappa shape index (κ2) is 11.4. The Balaban J connectivity index is 1.65. The van der Waals surface area contributed by atoms with Gasteiger partial charge in [-0.05, 0) is 95.2 Å². The zero-order valence-corrected chi connectivity index (χ0v) is 22.0. The molecule has 9 nitrogen and oxygen atoms in total. The van der Waals surface area contributed by atoms with Crippen molar-refractivity contribution in [2.24, 2.45) is 0 Å². The van der Waals surface area contributed by atoms with Gasteiger partial charge in [0.05, 0.1) is 21.4 Å². The normalized spacial score (nSPS) is 14.4. The van der Waals surface area contributed by atoms with Crippen LogP contribution in [0.1, 0.15) is 28.4 Å². The summed E-state index contributed by atoms with van der Waals surface area (Å²) in [5.41, 5.74) is 0.827. The predicted octanol–water partition coefficient (Wildman–Crippen LogP) is 4.77. The van der Waals surface area contributed by atoms with Gasteiger partial charge in [0, 0.05) is 0 Å². The minimum Gasteiger partial charge on any atom is -0.490 e. The predicted molar refractivity (Wildman–Crippen MR) is 143 cm³/mol. The number of hydrogen-bond donors (Lipinski definition) is 2. The van der Waals surface area contributed by atoms with Gasteiger partial charge in [-0.15, -0.1) is 0 Å². The standard InChI is InChI=1S/C27H20FIN2O7/c1-2-37-22-13-16(12-21(29)23(22)38-14-15-4-3-5-18(28)10-15)11-20-24(32)30-27(36)31(25(20)33)19-8-6-17(7-9-19)26(34)35/h3-13H,2,14H2,1H3,(H,34,35)(H,30,32,36)/b20-11+. The summed E-state index contributed by atoms with van der Waals surface area (Å²) in [5, 5.41) is 11.2. The van der Waals surface area contributed by atoms with Crippen molar-refractivity contribution in [3.63, 3.8) is 0 Å². The van der Waals surface area contributed by atoms with Gasteiger partial charge in [-0.2, -0.15) is 0 Å². The van der Waals surface area contributed by atoms with Gasteiger partial charge < -0.3 is 14.6 Å². The van der Waals surface area contributed by atoms with E-state index in [0.717, 1.165) is 4.90 Å². The van der Waals surface area contributed by atoms with E-state index in [-0.39, 0.29) is 29.2 Å². The molecule has 4 rings (SSSR count). The van der Waals surface area contributed by atoms with Crippen LogP contribution in [-0.4, -0.2) is 35.5 Å². The number of aromatic carboxylic acids is 1. The maximum atomic E-state index is 13.5. The van der Waals surface area contributed by atoms with E-state index in [0.29, 0.717) is 32.8 Å². The van der Waals surface area contributed by atoms with E-state index < -0.39 is 23.8 Å². The van der Waals surface area contributed by atoms with Crippen LogP contribution in [0.15, 0.2) is 66.2 Å². The van der Waals surface area contributed by atoms with Crippen LogP contribution in [0.25, 0.3) is 6.08 Å². The number of carboxylic acids is 1. The van der Waals surface area contributed by atoms with Gasteiger partial charge in [0.15, 0.2) is 11.5 Å². The number of rotatable bonds is 8. The third-order valence-electron chi connectivity index (χ3n) is 5.39. The Morgan fingerprint density at radius 2 is 1.82 bits per heavy atom. The van der Waals surface area contributed by atoms with Gasteiger partial charge in [-0.25, -0.2) is 18.9 Å². The Bertz CT molecular complexity index is 1470. The van der Waals surface area contributed by atoms with Crippen LogP contribution in [0.2, 0.25) is 0 Å².